The number of aryl methyl sites for hydroxylation is 1. The summed E-state index contributed by atoms with van der Waals surface area (Å²) in [6.45, 7) is 1.81. The van der Waals surface area contributed by atoms with Crippen LogP contribution in [-0.4, -0.2) is 36.1 Å². The molecule has 174 valence electrons. The van der Waals surface area contributed by atoms with Gasteiger partial charge in [-0.05, 0) is 36.2 Å². The normalized spacial score (nSPS) is 17.2. The fourth-order valence-corrected chi connectivity index (χ4v) is 4.28. The van der Waals surface area contributed by atoms with Crippen molar-refractivity contribution in [2.24, 2.45) is 0 Å². The summed E-state index contributed by atoms with van der Waals surface area (Å²) in [5, 5.41) is 22.2. The van der Waals surface area contributed by atoms with E-state index in [1.54, 1.807) is 42.5 Å². The number of phenols is 1. The first-order valence-corrected chi connectivity index (χ1v) is 10.7. The Morgan fingerprint density at radius 2 is 1.65 bits per heavy atom. The zero-order chi connectivity index (χ0) is 24.6. The minimum Gasteiger partial charge on any atom is -0.507 e. The number of methoxy groups -OCH3 is 2. The molecule has 1 atom stereocenters. The lowest BCUT2D eigenvalue weighted by Gasteiger charge is -2.26. The van der Waals surface area contributed by atoms with Crippen molar-refractivity contribution in [1.29, 1.82) is 0 Å². The molecular formula is C26H22ClNO6. The summed E-state index contributed by atoms with van der Waals surface area (Å²) < 4.78 is 10.6. The summed E-state index contributed by atoms with van der Waals surface area (Å²) in [5.74, 6) is -1.95. The Balaban J connectivity index is 2.02. The number of ether oxygens (including phenoxy) is 2. The first-order valence-electron chi connectivity index (χ1n) is 10.4. The Labute approximate surface area is 201 Å². The number of amides is 1. The van der Waals surface area contributed by atoms with Crippen molar-refractivity contribution in [3.63, 3.8) is 0 Å². The standard InChI is InChI=1S/C26H22ClNO6/c1-14-9-10-19(29)18(11-14)28-23(15-7-5-4-6-8-15)22(25(31)26(28)32)24(30)16-12-21(34-3)17(27)13-20(16)33-2/h4-13,23,29-30H,1-3H3/b24-22+. The Hall–Kier alpha value is -3.97. The van der Waals surface area contributed by atoms with Gasteiger partial charge in [0.15, 0.2) is 0 Å². The van der Waals surface area contributed by atoms with E-state index in [4.69, 9.17) is 21.1 Å². The number of aromatic hydroxyl groups is 1. The van der Waals surface area contributed by atoms with Crippen molar-refractivity contribution in [1.82, 2.24) is 0 Å². The Kier molecular flexibility index (Phi) is 6.22. The lowest BCUT2D eigenvalue weighted by molar-refractivity contribution is -0.132. The summed E-state index contributed by atoms with van der Waals surface area (Å²) in [4.78, 5) is 27.8. The van der Waals surface area contributed by atoms with Crippen molar-refractivity contribution in [2.75, 3.05) is 19.1 Å². The SMILES string of the molecule is COc1cc(/C(O)=C2\C(=O)C(=O)N(c3cc(C)ccc3O)C2c2ccccc2)c(OC)cc1Cl. The number of hydrogen-bond acceptors (Lipinski definition) is 6. The topological polar surface area (TPSA) is 96.3 Å². The molecule has 3 aromatic carbocycles. The van der Waals surface area contributed by atoms with Crippen LogP contribution in [0.25, 0.3) is 5.76 Å². The van der Waals surface area contributed by atoms with Gasteiger partial charge in [-0.2, -0.15) is 0 Å². The van der Waals surface area contributed by atoms with Crippen LogP contribution in [0.15, 0.2) is 66.2 Å². The number of carbonyl (C=O) groups is 2. The van der Waals surface area contributed by atoms with E-state index in [-0.39, 0.29) is 39.1 Å². The highest BCUT2D eigenvalue weighted by atomic mass is 35.5. The van der Waals surface area contributed by atoms with E-state index in [9.17, 15) is 19.8 Å². The van der Waals surface area contributed by atoms with E-state index in [0.29, 0.717) is 5.56 Å². The number of nitrogens with zero attached hydrogens (tertiary/aromatic N) is 1. The highest BCUT2D eigenvalue weighted by Crippen LogP contribution is 2.46. The van der Waals surface area contributed by atoms with Gasteiger partial charge in [0.1, 0.15) is 23.0 Å². The average molecular weight is 480 g/mol. The quantitative estimate of drug-likeness (QED) is 0.304. The second-order valence-electron chi connectivity index (χ2n) is 7.76. The van der Waals surface area contributed by atoms with Gasteiger partial charge in [0.25, 0.3) is 11.7 Å². The molecule has 2 N–H and O–H groups in total. The van der Waals surface area contributed by atoms with Crippen molar-refractivity contribution in [3.05, 3.63) is 87.9 Å². The van der Waals surface area contributed by atoms with E-state index in [0.717, 1.165) is 5.56 Å². The molecule has 1 aliphatic rings. The van der Waals surface area contributed by atoms with Crippen LogP contribution in [0.5, 0.6) is 17.2 Å². The molecule has 34 heavy (non-hydrogen) atoms. The molecule has 7 nitrogen and oxygen atoms in total. The van der Waals surface area contributed by atoms with Gasteiger partial charge in [-0.1, -0.05) is 48.0 Å². The molecule has 0 aromatic heterocycles. The predicted octanol–water partition coefficient (Wildman–Crippen LogP) is 5.00. The van der Waals surface area contributed by atoms with Gasteiger partial charge in [-0.3, -0.25) is 14.5 Å². The number of Topliss-reactive ketones (excluding diaryl/α,β-unsaturated/α-hetero) is 1. The third kappa shape index (κ3) is 3.84. The van der Waals surface area contributed by atoms with E-state index >= 15 is 0 Å². The molecule has 1 saturated heterocycles. The third-order valence-corrected chi connectivity index (χ3v) is 5.97. The summed E-state index contributed by atoms with van der Waals surface area (Å²) in [6, 6.07) is 15.5. The van der Waals surface area contributed by atoms with Gasteiger partial charge in [0, 0.05) is 6.07 Å². The number of benzene rings is 3. The number of hydrogen-bond donors (Lipinski definition) is 2. The minimum absolute atomic E-state index is 0.135. The molecule has 1 amide bonds. The van der Waals surface area contributed by atoms with Crippen LogP contribution in [0.1, 0.15) is 22.7 Å². The van der Waals surface area contributed by atoms with Crippen LogP contribution in [0.4, 0.5) is 5.69 Å². The Bertz CT molecular complexity index is 1320. The van der Waals surface area contributed by atoms with Crippen LogP contribution >= 0.6 is 11.6 Å². The van der Waals surface area contributed by atoms with Crippen molar-refractivity contribution in [3.8, 4) is 17.2 Å². The van der Waals surface area contributed by atoms with Crippen LogP contribution in [0.3, 0.4) is 0 Å². The highest BCUT2D eigenvalue weighted by Gasteiger charge is 2.48. The molecule has 0 aliphatic carbocycles. The molecule has 0 bridgehead atoms. The molecule has 4 rings (SSSR count). The number of ketones is 1. The summed E-state index contributed by atoms with van der Waals surface area (Å²) >= 11 is 6.20. The van der Waals surface area contributed by atoms with Gasteiger partial charge < -0.3 is 19.7 Å². The number of aliphatic hydroxyl groups is 1. The lowest BCUT2D eigenvalue weighted by Crippen LogP contribution is -2.29. The molecule has 1 heterocycles. The Morgan fingerprint density at radius 1 is 0.971 bits per heavy atom. The zero-order valence-electron chi connectivity index (χ0n) is 18.7. The number of carbonyl (C=O) groups excluding carboxylic acids is 2. The van der Waals surface area contributed by atoms with Crippen molar-refractivity contribution in [2.45, 2.75) is 13.0 Å². The second kappa shape index (κ2) is 9.11. The van der Waals surface area contributed by atoms with E-state index < -0.39 is 23.5 Å². The molecule has 0 saturated carbocycles. The Morgan fingerprint density at radius 3 is 2.29 bits per heavy atom. The summed E-state index contributed by atoms with van der Waals surface area (Å²) in [6.07, 6.45) is 0. The number of anilines is 1. The van der Waals surface area contributed by atoms with Crippen LogP contribution in [0.2, 0.25) is 5.02 Å². The maximum atomic E-state index is 13.3. The molecule has 1 unspecified atom stereocenters. The average Bonchev–Trinajstić information content (AvgIpc) is 3.10. The maximum absolute atomic E-state index is 13.3. The third-order valence-electron chi connectivity index (χ3n) is 5.68. The van der Waals surface area contributed by atoms with Crippen LogP contribution < -0.4 is 14.4 Å². The summed E-state index contributed by atoms with van der Waals surface area (Å²) in [5.41, 5.74) is 1.50. The predicted molar refractivity (Wildman–Crippen MR) is 129 cm³/mol. The molecule has 1 aliphatic heterocycles. The number of aliphatic hydroxyl groups excluding tert-OH is 1. The fourth-order valence-electron chi connectivity index (χ4n) is 4.05. The number of halogens is 1. The fraction of sp³-hybridized carbons (Fsp3) is 0.154. The molecule has 0 radical (unpaired) electrons. The van der Waals surface area contributed by atoms with Gasteiger partial charge >= 0.3 is 0 Å². The highest BCUT2D eigenvalue weighted by molar-refractivity contribution is 6.52. The van der Waals surface area contributed by atoms with Gasteiger partial charge in [-0.15, -0.1) is 0 Å². The van der Waals surface area contributed by atoms with Gasteiger partial charge in [0.05, 0.1) is 42.1 Å². The first kappa shape index (κ1) is 23.2. The van der Waals surface area contributed by atoms with Crippen LogP contribution in [0, 0.1) is 6.92 Å². The molecule has 1 fully saturated rings. The lowest BCUT2D eigenvalue weighted by atomic mass is 9.94. The first-order chi connectivity index (χ1) is 16.3. The van der Waals surface area contributed by atoms with Gasteiger partial charge in [0.2, 0.25) is 0 Å². The van der Waals surface area contributed by atoms with Crippen LogP contribution in [-0.2, 0) is 9.59 Å². The van der Waals surface area contributed by atoms with E-state index in [1.807, 2.05) is 6.92 Å². The van der Waals surface area contributed by atoms with E-state index in [2.05, 4.69) is 0 Å². The smallest absolute Gasteiger partial charge is 0.300 e. The number of rotatable bonds is 5. The molecule has 3 aromatic rings. The number of phenolic OH excluding ortho intramolecular Hbond substituents is 1. The molecule has 0 spiro atoms. The summed E-state index contributed by atoms with van der Waals surface area (Å²) in [7, 11) is 2.81. The zero-order valence-corrected chi connectivity index (χ0v) is 19.5. The molecule has 8 heteroatoms. The minimum atomic E-state index is -1.000. The van der Waals surface area contributed by atoms with Crippen molar-refractivity contribution >= 4 is 34.7 Å². The second-order valence-corrected chi connectivity index (χ2v) is 8.17. The van der Waals surface area contributed by atoms with Crippen molar-refractivity contribution < 1.29 is 29.3 Å². The maximum Gasteiger partial charge on any atom is 0.300 e. The van der Waals surface area contributed by atoms with E-state index in [1.165, 1.54) is 37.3 Å². The van der Waals surface area contributed by atoms with Gasteiger partial charge in [-0.25, -0.2) is 0 Å². The monoisotopic (exact) mass is 479 g/mol. The largest absolute Gasteiger partial charge is 0.507 e. The molecular weight excluding hydrogens is 458 g/mol.